The van der Waals surface area contributed by atoms with Crippen LogP contribution in [0.2, 0.25) is 0 Å². The Morgan fingerprint density at radius 2 is 2.20 bits per heavy atom. The summed E-state index contributed by atoms with van der Waals surface area (Å²) in [6.45, 7) is 2.11. The third kappa shape index (κ3) is 2.56. The Morgan fingerprint density at radius 3 is 2.80 bits per heavy atom. The predicted octanol–water partition coefficient (Wildman–Crippen LogP) is 3.04. The standard InChI is InChI=1S/C14H14N2O3S/c1-2-20-9-5-3-8(4-6-9)12-15-13(19-16-12)10-7-11(10)14(17)18/h3-6,10-11H,2,7H2,1H3,(H,17,18). The van der Waals surface area contributed by atoms with Gasteiger partial charge in [0.05, 0.1) is 11.8 Å². The molecule has 1 aromatic heterocycles. The van der Waals surface area contributed by atoms with Gasteiger partial charge in [0.15, 0.2) is 0 Å². The fourth-order valence-corrected chi connectivity index (χ4v) is 2.77. The van der Waals surface area contributed by atoms with Gasteiger partial charge in [-0.05, 0) is 36.4 Å². The smallest absolute Gasteiger partial charge is 0.307 e. The fourth-order valence-electron chi connectivity index (χ4n) is 2.11. The first-order valence-electron chi connectivity index (χ1n) is 6.48. The van der Waals surface area contributed by atoms with Crippen molar-refractivity contribution in [2.75, 3.05) is 5.75 Å². The molecule has 1 N–H and O–H groups in total. The lowest BCUT2D eigenvalue weighted by Gasteiger charge is -1.98. The minimum Gasteiger partial charge on any atom is -0.481 e. The number of hydrogen-bond donors (Lipinski definition) is 1. The Bertz CT molecular complexity index is 624. The van der Waals surface area contributed by atoms with Gasteiger partial charge in [-0.1, -0.05) is 12.1 Å². The number of benzene rings is 1. The molecule has 0 bridgehead atoms. The molecule has 1 aliphatic rings. The van der Waals surface area contributed by atoms with E-state index >= 15 is 0 Å². The molecule has 2 unspecified atom stereocenters. The van der Waals surface area contributed by atoms with Crippen molar-refractivity contribution in [2.24, 2.45) is 5.92 Å². The number of hydrogen-bond acceptors (Lipinski definition) is 5. The second-order valence-electron chi connectivity index (χ2n) is 4.70. The molecule has 5 nitrogen and oxygen atoms in total. The summed E-state index contributed by atoms with van der Waals surface area (Å²) in [4.78, 5) is 16.3. The van der Waals surface area contributed by atoms with E-state index in [2.05, 4.69) is 17.1 Å². The molecule has 2 atom stereocenters. The zero-order valence-electron chi connectivity index (χ0n) is 10.9. The van der Waals surface area contributed by atoms with Gasteiger partial charge in [0.1, 0.15) is 0 Å². The Hall–Kier alpha value is -1.82. The van der Waals surface area contributed by atoms with Crippen LogP contribution < -0.4 is 0 Å². The van der Waals surface area contributed by atoms with Gasteiger partial charge < -0.3 is 9.63 Å². The van der Waals surface area contributed by atoms with E-state index in [-0.39, 0.29) is 11.8 Å². The molecule has 1 heterocycles. The summed E-state index contributed by atoms with van der Waals surface area (Å²) in [5.74, 6) is 0.693. The molecule has 20 heavy (non-hydrogen) atoms. The number of rotatable bonds is 5. The Morgan fingerprint density at radius 1 is 1.45 bits per heavy atom. The van der Waals surface area contributed by atoms with E-state index in [1.807, 2.05) is 24.3 Å². The van der Waals surface area contributed by atoms with E-state index in [9.17, 15) is 4.79 Å². The summed E-state index contributed by atoms with van der Waals surface area (Å²) < 4.78 is 5.17. The van der Waals surface area contributed by atoms with Crippen LogP contribution >= 0.6 is 11.8 Å². The highest BCUT2D eigenvalue weighted by Gasteiger charge is 2.48. The summed E-state index contributed by atoms with van der Waals surface area (Å²) >= 11 is 1.77. The molecule has 0 aliphatic heterocycles. The van der Waals surface area contributed by atoms with Gasteiger partial charge in [-0.3, -0.25) is 4.79 Å². The lowest BCUT2D eigenvalue weighted by molar-refractivity contribution is -0.138. The number of aromatic nitrogens is 2. The highest BCUT2D eigenvalue weighted by molar-refractivity contribution is 7.99. The third-order valence-electron chi connectivity index (χ3n) is 3.29. The maximum Gasteiger partial charge on any atom is 0.307 e. The van der Waals surface area contributed by atoms with Crippen LogP contribution in [-0.2, 0) is 4.79 Å². The van der Waals surface area contributed by atoms with Crippen molar-refractivity contribution in [1.82, 2.24) is 10.1 Å². The normalized spacial score (nSPS) is 20.9. The molecule has 2 aromatic rings. The molecular formula is C14H14N2O3S. The Kier molecular flexibility index (Phi) is 3.48. The number of carboxylic acids is 1. The predicted molar refractivity (Wildman–Crippen MR) is 74.6 cm³/mol. The minimum atomic E-state index is -0.796. The monoisotopic (exact) mass is 290 g/mol. The average Bonchev–Trinajstić information content (AvgIpc) is 3.11. The van der Waals surface area contributed by atoms with Crippen molar-refractivity contribution in [2.45, 2.75) is 24.2 Å². The Balaban J connectivity index is 1.75. The van der Waals surface area contributed by atoms with Crippen LogP contribution in [0.5, 0.6) is 0 Å². The van der Waals surface area contributed by atoms with Gasteiger partial charge in [-0.25, -0.2) is 0 Å². The summed E-state index contributed by atoms with van der Waals surface area (Å²) in [7, 11) is 0. The number of aliphatic carboxylic acids is 1. The number of thioether (sulfide) groups is 1. The van der Waals surface area contributed by atoms with Crippen LogP contribution in [-0.4, -0.2) is 27.0 Å². The molecule has 0 saturated heterocycles. The molecule has 1 aliphatic carbocycles. The summed E-state index contributed by atoms with van der Waals surface area (Å²) in [6, 6.07) is 7.95. The lowest BCUT2D eigenvalue weighted by atomic mass is 10.2. The SMILES string of the molecule is CCSc1ccc(-c2noc(C3CC3C(=O)O)n2)cc1. The lowest BCUT2D eigenvalue weighted by Crippen LogP contribution is -1.98. The van der Waals surface area contributed by atoms with Crippen molar-refractivity contribution in [3.63, 3.8) is 0 Å². The van der Waals surface area contributed by atoms with Gasteiger partial charge in [0, 0.05) is 10.5 Å². The molecule has 0 radical (unpaired) electrons. The van der Waals surface area contributed by atoms with Crippen LogP contribution in [0.15, 0.2) is 33.7 Å². The maximum atomic E-state index is 10.8. The van der Waals surface area contributed by atoms with E-state index in [4.69, 9.17) is 9.63 Å². The number of carbonyl (C=O) groups is 1. The molecule has 0 spiro atoms. The highest BCUT2D eigenvalue weighted by atomic mass is 32.2. The topological polar surface area (TPSA) is 76.2 Å². The zero-order valence-corrected chi connectivity index (χ0v) is 11.8. The van der Waals surface area contributed by atoms with E-state index in [0.29, 0.717) is 18.1 Å². The maximum absolute atomic E-state index is 10.8. The first kappa shape index (κ1) is 13.2. The van der Waals surface area contributed by atoms with E-state index in [1.165, 1.54) is 4.90 Å². The van der Waals surface area contributed by atoms with Crippen LogP contribution in [0.3, 0.4) is 0 Å². The van der Waals surface area contributed by atoms with Gasteiger partial charge in [0.25, 0.3) is 0 Å². The minimum absolute atomic E-state index is 0.122. The molecule has 1 aromatic carbocycles. The summed E-state index contributed by atoms with van der Waals surface area (Å²) in [5.41, 5.74) is 0.882. The fraction of sp³-hybridized carbons (Fsp3) is 0.357. The van der Waals surface area contributed by atoms with Gasteiger partial charge in [-0.2, -0.15) is 4.98 Å². The second-order valence-corrected chi connectivity index (χ2v) is 6.04. The largest absolute Gasteiger partial charge is 0.481 e. The molecular weight excluding hydrogens is 276 g/mol. The van der Waals surface area contributed by atoms with Gasteiger partial charge >= 0.3 is 5.97 Å². The zero-order chi connectivity index (χ0) is 14.1. The molecule has 1 fully saturated rings. The first-order chi connectivity index (χ1) is 9.69. The van der Waals surface area contributed by atoms with Crippen LogP contribution in [0.4, 0.5) is 0 Å². The van der Waals surface area contributed by atoms with E-state index in [0.717, 1.165) is 11.3 Å². The van der Waals surface area contributed by atoms with Crippen molar-refractivity contribution in [1.29, 1.82) is 0 Å². The van der Waals surface area contributed by atoms with Crippen LogP contribution in [0.1, 0.15) is 25.2 Å². The molecule has 1 saturated carbocycles. The van der Waals surface area contributed by atoms with Crippen LogP contribution in [0.25, 0.3) is 11.4 Å². The van der Waals surface area contributed by atoms with E-state index in [1.54, 1.807) is 11.8 Å². The molecule has 3 rings (SSSR count). The number of nitrogens with zero attached hydrogens (tertiary/aromatic N) is 2. The second kappa shape index (κ2) is 5.28. The van der Waals surface area contributed by atoms with E-state index < -0.39 is 5.97 Å². The molecule has 104 valence electrons. The molecule has 0 amide bonds. The highest BCUT2D eigenvalue weighted by Crippen LogP contribution is 2.47. The first-order valence-corrected chi connectivity index (χ1v) is 7.47. The summed E-state index contributed by atoms with van der Waals surface area (Å²) in [6.07, 6.45) is 0.586. The van der Waals surface area contributed by atoms with Crippen molar-refractivity contribution < 1.29 is 14.4 Å². The Labute approximate surface area is 120 Å². The average molecular weight is 290 g/mol. The van der Waals surface area contributed by atoms with Gasteiger partial charge in [0.2, 0.25) is 11.7 Å². The quantitative estimate of drug-likeness (QED) is 0.853. The number of carboxylic acid groups (broad SMARTS) is 1. The van der Waals surface area contributed by atoms with Crippen molar-refractivity contribution in [3.8, 4) is 11.4 Å². The van der Waals surface area contributed by atoms with Crippen molar-refractivity contribution >= 4 is 17.7 Å². The molecule has 6 heteroatoms. The van der Waals surface area contributed by atoms with Crippen LogP contribution in [0, 0.1) is 5.92 Å². The summed E-state index contributed by atoms with van der Waals surface area (Å²) in [5, 5.41) is 12.8. The van der Waals surface area contributed by atoms with Gasteiger partial charge in [-0.15, -0.1) is 11.8 Å². The third-order valence-corrected chi connectivity index (χ3v) is 4.18. The van der Waals surface area contributed by atoms with Crippen molar-refractivity contribution in [3.05, 3.63) is 30.2 Å².